The molecule has 0 saturated carbocycles. The van der Waals surface area contributed by atoms with Crippen LogP contribution in [-0.4, -0.2) is 52.4 Å². The second kappa shape index (κ2) is 13.1. The normalized spacial score (nSPS) is 22.0. The van der Waals surface area contributed by atoms with E-state index in [0.29, 0.717) is 12.8 Å². The highest BCUT2D eigenvalue weighted by molar-refractivity contribution is 9.11. The highest BCUT2D eigenvalue weighted by Crippen LogP contribution is 2.31. The van der Waals surface area contributed by atoms with Crippen LogP contribution < -0.4 is 22.7 Å². The fourth-order valence-electron chi connectivity index (χ4n) is 3.76. The molecule has 35 heavy (non-hydrogen) atoms. The topological polar surface area (TPSA) is 169 Å². The van der Waals surface area contributed by atoms with Crippen molar-refractivity contribution in [2.24, 2.45) is 23.3 Å². The average molecular weight is 559 g/mol. The van der Waals surface area contributed by atoms with Gasteiger partial charge in [-0.1, -0.05) is 43.6 Å². The second-order valence-electron chi connectivity index (χ2n) is 9.49. The van der Waals surface area contributed by atoms with E-state index in [9.17, 15) is 19.2 Å². The number of hydrogen-bond donors (Lipinski definition) is 3. The van der Waals surface area contributed by atoms with Gasteiger partial charge in [-0.15, -0.1) is 0 Å². The second-order valence-corrected chi connectivity index (χ2v) is 10.0. The molecule has 5 N–H and O–H groups in total. The molecule has 1 fully saturated rings. The molecule has 5 atom stereocenters. The average Bonchev–Trinajstić information content (AvgIpc) is 3.15. The molecule has 0 bridgehead atoms. The van der Waals surface area contributed by atoms with Crippen LogP contribution in [0.15, 0.2) is 20.8 Å². The molecule has 12 heteroatoms. The fourth-order valence-corrected chi connectivity index (χ4v) is 4.05. The van der Waals surface area contributed by atoms with Crippen molar-refractivity contribution in [1.82, 2.24) is 9.55 Å². The maximum Gasteiger partial charge on any atom is 0.330 e. The lowest BCUT2D eigenvalue weighted by molar-refractivity contribution is -0.160. The van der Waals surface area contributed by atoms with Gasteiger partial charge in [-0.25, -0.2) is 4.79 Å². The Hall–Kier alpha value is -2.28. The number of nitrogens with one attached hydrogen (secondary N) is 1. The molecule has 196 valence electrons. The zero-order valence-electron chi connectivity index (χ0n) is 20.4. The number of ether oxygens (including phenoxy) is 3. The van der Waals surface area contributed by atoms with Gasteiger partial charge in [0.1, 0.15) is 37.1 Å². The number of carbonyl (C=O) groups is 2. The maximum absolute atomic E-state index is 12.6. The predicted molar refractivity (Wildman–Crippen MR) is 134 cm³/mol. The van der Waals surface area contributed by atoms with Crippen LogP contribution in [0, 0.1) is 11.8 Å². The van der Waals surface area contributed by atoms with E-state index < -0.39 is 53.7 Å². The van der Waals surface area contributed by atoms with Crippen molar-refractivity contribution < 1.29 is 23.8 Å². The summed E-state index contributed by atoms with van der Waals surface area (Å²) < 4.78 is 18.1. The van der Waals surface area contributed by atoms with E-state index in [1.807, 2.05) is 27.7 Å². The molecule has 0 amide bonds. The summed E-state index contributed by atoms with van der Waals surface area (Å²) in [5.74, 6) is -0.823. The molecule has 1 aromatic heterocycles. The Kier molecular flexibility index (Phi) is 10.9. The molecule has 1 saturated heterocycles. The number of nitrogens with zero attached hydrogens (tertiary/aromatic N) is 1. The van der Waals surface area contributed by atoms with Crippen LogP contribution >= 0.6 is 15.9 Å². The van der Waals surface area contributed by atoms with Crippen LogP contribution in [0.5, 0.6) is 0 Å². The Labute approximate surface area is 212 Å². The first kappa shape index (κ1) is 29.0. The van der Waals surface area contributed by atoms with Crippen molar-refractivity contribution in [2.45, 2.75) is 77.5 Å². The number of rotatable bonds is 11. The van der Waals surface area contributed by atoms with Crippen molar-refractivity contribution in [2.75, 3.05) is 6.61 Å². The Morgan fingerprint density at radius 2 is 1.77 bits per heavy atom. The Bertz CT molecular complexity index is 1020. The van der Waals surface area contributed by atoms with Gasteiger partial charge < -0.3 is 25.7 Å². The molecule has 0 aromatic carbocycles. The third-order valence-electron chi connectivity index (χ3n) is 5.44. The third kappa shape index (κ3) is 8.41. The van der Waals surface area contributed by atoms with Crippen molar-refractivity contribution in [1.29, 1.82) is 0 Å². The first-order valence-electron chi connectivity index (χ1n) is 11.6. The van der Waals surface area contributed by atoms with Crippen LogP contribution in [0.25, 0.3) is 6.08 Å². The summed E-state index contributed by atoms with van der Waals surface area (Å²) in [6.07, 6.45) is 1.21. The SMILES string of the molecule is CC(C)C[C@@H](N)C(=O)OC[C@@H]1O[C@H](n2cc(/C=C/Br)c(=O)[nH]c2=O)CC1OC(=O)[C@H](N)CC(C)C. The third-order valence-corrected chi connectivity index (χ3v) is 5.71. The number of H-pyrrole nitrogens is 1. The van der Waals surface area contributed by atoms with Crippen molar-refractivity contribution in [3.8, 4) is 0 Å². The van der Waals surface area contributed by atoms with Gasteiger partial charge in [-0.2, -0.15) is 0 Å². The van der Waals surface area contributed by atoms with E-state index in [0.717, 1.165) is 0 Å². The van der Waals surface area contributed by atoms with Gasteiger partial charge in [0.2, 0.25) is 0 Å². The van der Waals surface area contributed by atoms with E-state index in [1.165, 1.54) is 21.8 Å². The molecule has 2 heterocycles. The smallest absolute Gasteiger partial charge is 0.330 e. The summed E-state index contributed by atoms with van der Waals surface area (Å²) >= 11 is 3.10. The summed E-state index contributed by atoms with van der Waals surface area (Å²) in [6, 6.07) is -1.63. The van der Waals surface area contributed by atoms with E-state index in [4.69, 9.17) is 25.7 Å². The van der Waals surface area contributed by atoms with E-state index >= 15 is 0 Å². The van der Waals surface area contributed by atoms with Gasteiger partial charge in [0, 0.05) is 12.6 Å². The van der Waals surface area contributed by atoms with Crippen LogP contribution in [0.4, 0.5) is 0 Å². The van der Waals surface area contributed by atoms with Gasteiger partial charge in [0.05, 0.1) is 5.56 Å². The minimum Gasteiger partial charge on any atom is -0.462 e. The minimum atomic E-state index is -0.881. The lowest BCUT2D eigenvalue weighted by Gasteiger charge is -2.22. The molecular formula is C23H35BrN4O7. The van der Waals surface area contributed by atoms with Crippen LogP contribution in [-0.2, 0) is 23.8 Å². The number of aromatic amines is 1. The zero-order chi connectivity index (χ0) is 26.3. The summed E-state index contributed by atoms with van der Waals surface area (Å²) in [5, 5.41) is 0. The first-order chi connectivity index (χ1) is 16.4. The molecule has 1 aromatic rings. The van der Waals surface area contributed by atoms with Crippen LogP contribution in [0.2, 0.25) is 0 Å². The van der Waals surface area contributed by atoms with E-state index in [-0.39, 0.29) is 30.4 Å². The quantitative estimate of drug-likeness (QED) is 0.339. The Morgan fingerprint density at radius 3 is 2.34 bits per heavy atom. The largest absolute Gasteiger partial charge is 0.462 e. The van der Waals surface area contributed by atoms with Gasteiger partial charge in [-0.05, 0) is 35.7 Å². The summed E-state index contributed by atoms with van der Waals surface area (Å²) in [7, 11) is 0. The van der Waals surface area contributed by atoms with Gasteiger partial charge in [-0.3, -0.25) is 23.9 Å². The van der Waals surface area contributed by atoms with E-state index in [1.54, 1.807) is 0 Å². The molecule has 11 nitrogen and oxygen atoms in total. The summed E-state index contributed by atoms with van der Waals surface area (Å²) in [5.41, 5.74) is 10.8. The summed E-state index contributed by atoms with van der Waals surface area (Å²) in [4.78, 5) is 53.1. The van der Waals surface area contributed by atoms with Crippen molar-refractivity contribution in [3.05, 3.63) is 37.6 Å². The zero-order valence-corrected chi connectivity index (χ0v) is 22.0. The number of nitrogens with two attached hydrogens (primary N) is 2. The molecule has 0 spiro atoms. The molecular weight excluding hydrogens is 524 g/mol. The molecule has 1 unspecified atom stereocenters. The number of aromatic nitrogens is 2. The Morgan fingerprint density at radius 1 is 1.17 bits per heavy atom. The summed E-state index contributed by atoms with van der Waals surface area (Å²) in [6.45, 7) is 7.52. The monoisotopic (exact) mass is 558 g/mol. The lowest BCUT2D eigenvalue weighted by atomic mass is 10.0. The van der Waals surface area contributed by atoms with Gasteiger partial charge in [0.25, 0.3) is 5.56 Å². The van der Waals surface area contributed by atoms with E-state index in [2.05, 4.69) is 20.9 Å². The highest BCUT2D eigenvalue weighted by atomic mass is 79.9. The van der Waals surface area contributed by atoms with Crippen LogP contribution in [0.3, 0.4) is 0 Å². The lowest BCUT2D eigenvalue weighted by Crippen LogP contribution is -2.40. The number of carbonyl (C=O) groups excluding carboxylic acids is 2. The first-order valence-corrected chi connectivity index (χ1v) is 12.5. The Balaban J connectivity index is 2.23. The van der Waals surface area contributed by atoms with Crippen LogP contribution in [0.1, 0.15) is 58.7 Å². The minimum absolute atomic E-state index is 0.0871. The van der Waals surface area contributed by atoms with Crippen molar-refractivity contribution >= 4 is 33.9 Å². The molecule has 1 aliphatic rings. The molecule has 0 aliphatic carbocycles. The molecule has 2 rings (SSSR count). The standard InChI is InChI=1S/C23H35BrN4O7/c1-12(2)7-15(25)21(30)33-11-18-17(35-22(31)16(26)8-13(3)4)9-19(34-18)28-10-14(5-6-24)20(29)27-23(28)32/h5-6,10,12-13,15-19H,7-9,11,25-26H2,1-4H3,(H,27,29,32)/b6-5+/t15-,16-,17?,18+,19+/m1/s1. The van der Waals surface area contributed by atoms with Gasteiger partial charge >= 0.3 is 17.6 Å². The molecule has 0 radical (unpaired) electrons. The fraction of sp³-hybridized carbons (Fsp3) is 0.652. The maximum atomic E-state index is 12.6. The highest BCUT2D eigenvalue weighted by Gasteiger charge is 2.41. The van der Waals surface area contributed by atoms with Crippen molar-refractivity contribution in [3.63, 3.8) is 0 Å². The molecule has 1 aliphatic heterocycles. The van der Waals surface area contributed by atoms with Gasteiger partial charge in [0.15, 0.2) is 0 Å². The number of halogens is 1. The number of esters is 2. The number of hydrogen-bond acceptors (Lipinski definition) is 9. The predicted octanol–water partition coefficient (Wildman–Crippen LogP) is 1.39.